The van der Waals surface area contributed by atoms with Crippen LogP contribution in [-0.4, -0.2) is 0 Å². The Bertz CT molecular complexity index is 3010. The first-order valence-corrected chi connectivity index (χ1v) is 29.8. The molecule has 7 aromatic rings. The van der Waals surface area contributed by atoms with Gasteiger partial charge in [0.05, 0.1) is 11.4 Å². The van der Waals surface area contributed by atoms with E-state index >= 15 is 0 Å². The second kappa shape index (κ2) is 24.9. The molecule has 3 atom stereocenters. The SMILES string of the molecule is CC.CCCCC(CC)CC1(CC(CC)CCCC)c2cc(N(C3=CCC(C)(CC)C=C3)c3cccc4ccccc34)ccc2-c2ccc(N(c3ccc(C(C)(C)CCCC)cc3)c3cccc4ccccc34)cc21. The first-order valence-electron chi connectivity index (χ1n) is 29.8. The Balaban J connectivity index is 0.00000369. The third kappa shape index (κ3) is 11.6. The molecule has 0 bridgehead atoms. The van der Waals surface area contributed by atoms with Gasteiger partial charge in [-0.1, -0.05) is 250 Å². The fourth-order valence-electron chi connectivity index (χ4n) is 12.8. The highest BCUT2D eigenvalue weighted by molar-refractivity contribution is 6.00. The molecule has 0 amide bonds. The minimum absolute atomic E-state index is 0.112. The van der Waals surface area contributed by atoms with E-state index in [1.165, 1.54) is 154 Å². The maximum Gasteiger partial charge on any atom is 0.0540 e. The molecule has 2 aliphatic carbocycles. The van der Waals surface area contributed by atoms with Crippen LogP contribution in [0.2, 0.25) is 0 Å². The number of hydrogen-bond acceptors (Lipinski definition) is 2. The summed E-state index contributed by atoms with van der Waals surface area (Å²) in [6, 6.07) is 56.6. The summed E-state index contributed by atoms with van der Waals surface area (Å²) >= 11 is 0. The molecule has 0 saturated carbocycles. The van der Waals surface area contributed by atoms with Crippen LogP contribution in [-0.2, 0) is 10.8 Å². The normalized spacial score (nSPS) is 17.7. The summed E-state index contributed by atoms with van der Waals surface area (Å²) in [6.07, 6.45) is 25.4. The van der Waals surface area contributed by atoms with E-state index in [0.29, 0.717) is 11.8 Å². The molecule has 2 aliphatic rings. The van der Waals surface area contributed by atoms with E-state index < -0.39 is 0 Å². The van der Waals surface area contributed by atoms with Gasteiger partial charge in [0, 0.05) is 38.9 Å². The molecule has 9 rings (SSSR count). The zero-order valence-corrected chi connectivity index (χ0v) is 48.2. The zero-order chi connectivity index (χ0) is 53.2. The van der Waals surface area contributed by atoms with Crippen LogP contribution in [0, 0.1) is 17.3 Å². The van der Waals surface area contributed by atoms with Gasteiger partial charge in [-0.05, 0) is 148 Å². The van der Waals surface area contributed by atoms with Crippen LogP contribution in [0.5, 0.6) is 0 Å². The van der Waals surface area contributed by atoms with E-state index in [1.807, 2.05) is 13.8 Å². The highest BCUT2D eigenvalue weighted by atomic mass is 15.2. The summed E-state index contributed by atoms with van der Waals surface area (Å²) in [5.41, 5.74) is 14.8. The van der Waals surface area contributed by atoms with Gasteiger partial charge < -0.3 is 9.80 Å². The van der Waals surface area contributed by atoms with Crippen LogP contribution in [0.25, 0.3) is 32.7 Å². The molecular weight excluding hydrogens is 905 g/mol. The van der Waals surface area contributed by atoms with E-state index in [2.05, 4.69) is 236 Å². The second-order valence-corrected chi connectivity index (χ2v) is 23.2. The summed E-state index contributed by atoms with van der Waals surface area (Å²) in [5.74, 6) is 1.22. The van der Waals surface area contributed by atoms with Gasteiger partial charge in [-0.25, -0.2) is 0 Å². The van der Waals surface area contributed by atoms with Gasteiger partial charge in [-0.3, -0.25) is 0 Å². The third-order valence-electron chi connectivity index (χ3n) is 17.8. The van der Waals surface area contributed by atoms with Crippen molar-refractivity contribution in [3.05, 3.63) is 186 Å². The molecule has 75 heavy (non-hydrogen) atoms. The van der Waals surface area contributed by atoms with Crippen LogP contribution in [0.1, 0.15) is 189 Å². The number of unbranched alkanes of at least 4 members (excludes halogenated alkanes) is 3. The second-order valence-electron chi connectivity index (χ2n) is 23.2. The lowest BCUT2D eigenvalue weighted by Gasteiger charge is -2.40. The molecule has 7 aromatic carbocycles. The van der Waals surface area contributed by atoms with E-state index in [1.54, 1.807) is 0 Å². The molecule has 2 nitrogen and oxygen atoms in total. The molecule has 0 N–H and O–H groups in total. The predicted molar refractivity (Wildman–Crippen MR) is 331 cm³/mol. The summed E-state index contributed by atoms with van der Waals surface area (Å²) in [4.78, 5) is 5.19. The molecule has 0 fully saturated rings. The van der Waals surface area contributed by atoms with Gasteiger partial charge in [-0.15, -0.1) is 0 Å². The first-order chi connectivity index (χ1) is 36.5. The van der Waals surface area contributed by atoms with Crippen molar-refractivity contribution < 1.29 is 0 Å². The lowest BCUT2D eigenvalue weighted by atomic mass is 9.65. The van der Waals surface area contributed by atoms with Crippen molar-refractivity contribution in [1.29, 1.82) is 0 Å². The van der Waals surface area contributed by atoms with Crippen molar-refractivity contribution in [2.75, 3.05) is 9.80 Å². The van der Waals surface area contributed by atoms with Gasteiger partial charge in [0.1, 0.15) is 0 Å². The van der Waals surface area contributed by atoms with Crippen molar-refractivity contribution in [3.8, 4) is 11.1 Å². The first kappa shape index (κ1) is 55.4. The lowest BCUT2D eigenvalue weighted by molar-refractivity contribution is 0.266. The van der Waals surface area contributed by atoms with E-state index in [0.717, 1.165) is 25.7 Å². The topological polar surface area (TPSA) is 6.48 Å². The minimum atomic E-state index is -0.181. The van der Waals surface area contributed by atoms with Gasteiger partial charge >= 0.3 is 0 Å². The number of benzene rings is 7. The van der Waals surface area contributed by atoms with Crippen molar-refractivity contribution in [2.45, 2.75) is 183 Å². The average molecular weight is 998 g/mol. The number of anilines is 5. The van der Waals surface area contributed by atoms with E-state index in [4.69, 9.17) is 0 Å². The molecule has 0 heterocycles. The van der Waals surface area contributed by atoms with Gasteiger partial charge in [0.15, 0.2) is 0 Å². The Morgan fingerprint density at radius 1 is 0.533 bits per heavy atom. The number of allylic oxidation sites excluding steroid dienone is 3. The fourth-order valence-corrected chi connectivity index (χ4v) is 12.8. The molecule has 394 valence electrons. The molecule has 0 aromatic heterocycles. The van der Waals surface area contributed by atoms with E-state index in [9.17, 15) is 0 Å². The summed E-state index contributed by atoms with van der Waals surface area (Å²) in [5, 5.41) is 5.09. The van der Waals surface area contributed by atoms with Gasteiger partial charge in [0.25, 0.3) is 0 Å². The molecule has 0 aliphatic heterocycles. The largest absolute Gasteiger partial charge is 0.310 e. The van der Waals surface area contributed by atoms with Crippen LogP contribution in [0.3, 0.4) is 0 Å². The van der Waals surface area contributed by atoms with Crippen molar-refractivity contribution in [2.24, 2.45) is 17.3 Å². The van der Waals surface area contributed by atoms with Gasteiger partial charge in [0.2, 0.25) is 0 Å². The summed E-state index contributed by atoms with van der Waals surface area (Å²) in [7, 11) is 0. The number of nitrogens with zero attached hydrogens (tertiary/aromatic N) is 2. The van der Waals surface area contributed by atoms with Crippen LogP contribution in [0.15, 0.2) is 170 Å². The Hall–Kier alpha value is -5.86. The highest BCUT2D eigenvalue weighted by Gasteiger charge is 2.46. The molecule has 0 radical (unpaired) electrons. The molecule has 2 heteroatoms. The van der Waals surface area contributed by atoms with Crippen LogP contribution in [0.4, 0.5) is 28.4 Å². The lowest BCUT2D eigenvalue weighted by Crippen LogP contribution is -2.32. The number of rotatable bonds is 23. The molecule has 0 saturated heterocycles. The van der Waals surface area contributed by atoms with Crippen molar-refractivity contribution in [1.82, 2.24) is 0 Å². The quantitative estimate of drug-likeness (QED) is 0.0630. The fraction of sp³-hybridized carbons (Fsp3) is 0.425. The Morgan fingerprint density at radius 3 is 1.49 bits per heavy atom. The average Bonchev–Trinajstić information content (AvgIpc) is 3.74. The van der Waals surface area contributed by atoms with Gasteiger partial charge in [-0.2, -0.15) is 0 Å². The molecular formula is C73H92N2. The Kier molecular flexibility index (Phi) is 18.4. The third-order valence-corrected chi connectivity index (χ3v) is 17.8. The Labute approximate surface area is 455 Å². The monoisotopic (exact) mass is 997 g/mol. The van der Waals surface area contributed by atoms with Crippen LogP contribution >= 0.6 is 0 Å². The number of fused-ring (bicyclic) bond motifs is 5. The summed E-state index contributed by atoms with van der Waals surface area (Å²) in [6.45, 7) is 25.6. The van der Waals surface area contributed by atoms with Crippen molar-refractivity contribution >= 4 is 50.0 Å². The van der Waals surface area contributed by atoms with Crippen molar-refractivity contribution in [3.63, 3.8) is 0 Å². The maximum absolute atomic E-state index is 2.68. The number of hydrogen-bond donors (Lipinski definition) is 0. The predicted octanol–water partition coefficient (Wildman–Crippen LogP) is 22.8. The highest BCUT2D eigenvalue weighted by Crippen LogP contribution is 2.59. The smallest absolute Gasteiger partial charge is 0.0540 e. The molecule has 0 spiro atoms. The maximum atomic E-state index is 2.68. The standard InChI is InChI=1S/C71H86N2.C2H6/c1-10-16-25-52(13-4)50-71(51-53(14-5)26-17-11-2)65-48-59(72(67-33-23-29-54-27-19-21-31-61(54)67)57-37-35-56(36-38-57)69(7,8)45-18-12-3)39-41-63(65)64-42-40-60(49-66(64)71)73(58-43-46-70(9,15-6)47-44-58)68-34-24-30-55-28-20-22-32-62(55)68;1-2/h19-24,27-44,46,48-49,52-53H,10-18,25-26,45,47,50-51H2,1-9H3;1-2H3. The Morgan fingerprint density at radius 2 is 1.01 bits per heavy atom. The van der Waals surface area contributed by atoms with E-state index in [-0.39, 0.29) is 16.2 Å². The minimum Gasteiger partial charge on any atom is -0.310 e. The van der Waals surface area contributed by atoms with Crippen LogP contribution < -0.4 is 9.80 Å². The molecule has 3 unspecified atom stereocenters. The summed E-state index contributed by atoms with van der Waals surface area (Å²) < 4.78 is 0. The zero-order valence-electron chi connectivity index (χ0n) is 48.2.